The van der Waals surface area contributed by atoms with Crippen LogP contribution in [0, 0.1) is 20.8 Å². The minimum Gasteiger partial charge on any atom is -0.340 e. The molecule has 1 amide bonds. The lowest BCUT2D eigenvalue weighted by atomic mass is 10.1. The number of rotatable bonds is 5. The summed E-state index contributed by atoms with van der Waals surface area (Å²) in [4.78, 5) is 20.6. The molecule has 2 aromatic heterocycles. The van der Waals surface area contributed by atoms with E-state index in [1.807, 2.05) is 19.9 Å². The second-order valence-corrected chi connectivity index (χ2v) is 7.15. The third kappa shape index (κ3) is 3.70. The number of thiazole rings is 1. The Kier molecular flexibility index (Phi) is 4.63. The number of anilines is 1. The van der Waals surface area contributed by atoms with Gasteiger partial charge in [-0.25, -0.2) is 4.98 Å². The first-order chi connectivity index (χ1) is 11.0. The van der Waals surface area contributed by atoms with E-state index in [4.69, 9.17) is 4.52 Å². The summed E-state index contributed by atoms with van der Waals surface area (Å²) in [5, 5.41) is 7.29. The summed E-state index contributed by atoms with van der Waals surface area (Å²) in [6.45, 7) is 5.81. The molecule has 0 aliphatic heterocycles. The van der Waals surface area contributed by atoms with Gasteiger partial charge in [-0.2, -0.15) is 4.98 Å². The van der Waals surface area contributed by atoms with Crippen molar-refractivity contribution < 1.29 is 9.32 Å². The van der Waals surface area contributed by atoms with Gasteiger partial charge < -0.3 is 9.84 Å². The number of aromatic nitrogens is 3. The van der Waals surface area contributed by atoms with Gasteiger partial charge in [0.15, 0.2) is 11.0 Å². The van der Waals surface area contributed by atoms with Gasteiger partial charge in [0.25, 0.3) is 0 Å². The molecule has 2 heterocycles. The van der Waals surface area contributed by atoms with Gasteiger partial charge in [0.1, 0.15) is 0 Å². The average Bonchev–Trinajstić information content (AvgIpc) is 3.10. The highest BCUT2D eigenvalue weighted by atomic mass is 32.2. The number of carbonyl (C=O) groups excluding carboxylic acids is 1. The van der Waals surface area contributed by atoms with Crippen molar-refractivity contribution >= 4 is 44.4 Å². The first-order valence-electron chi connectivity index (χ1n) is 7.06. The fourth-order valence-electron chi connectivity index (χ4n) is 2.10. The first kappa shape index (κ1) is 15.9. The Hall–Kier alpha value is -1.93. The lowest BCUT2D eigenvalue weighted by Crippen LogP contribution is -2.14. The summed E-state index contributed by atoms with van der Waals surface area (Å²) < 4.78 is 6.01. The maximum atomic E-state index is 12.0. The number of carbonyl (C=O) groups is 1. The van der Waals surface area contributed by atoms with E-state index in [1.165, 1.54) is 28.7 Å². The van der Waals surface area contributed by atoms with Gasteiger partial charge in [0, 0.05) is 6.92 Å². The SMILES string of the molecule is Cc1nc(CSCC(=O)Nc2nc3c(C)ccc(C)c3s2)no1. The van der Waals surface area contributed by atoms with E-state index in [0.717, 1.165) is 15.8 Å². The third-order valence-corrected chi connectivity index (χ3v) is 5.26. The molecule has 120 valence electrons. The predicted molar refractivity (Wildman–Crippen MR) is 92.9 cm³/mol. The molecule has 8 heteroatoms. The number of nitrogens with zero attached hydrogens (tertiary/aromatic N) is 3. The third-order valence-electron chi connectivity index (χ3n) is 3.22. The van der Waals surface area contributed by atoms with Crippen molar-refractivity contribution in [2.45, 2.75) is 26.5 Å². The maximum Gasteiger partial charge on any atom is 0.236 e. The Bertz CT molecular complexity index is 817. The highest BCUT2D eigenvalue weighted by Crippen LogP contribution is 2.30. The molecule has 0 unspecified atom stereocenters. The van der Waals surface area contributed by atoms with Crippen molar-refractivity contribution in [2.24, 2.45) is 0 Å². The molecule has 1 N–H and O–H groups in total. The van der Waals surface area contributed by atoms with Gasteiger partial charge in [0.2, 0.25) is 11.8 Å². The molecule has 6 nitrogen and oxygen atoms in total. The van der Waals surface area contributed by atoms with E-state index in [9.17, 15) is 4.79 Å². The van der Waals surface area contributed by atoms with Gasteiger partial charge in [0.05, 0.1) is 21.7 Å². The van der Waals surface area contributed by atoms with Crippen LogP contribution in [0.4, 0.5) is 5.13 Å². The van der Waals surface area contributed by atoms with Crippen LogP contribution in [0.15, 0.2) is 16.7 Å². The van der Waals surface area contributed by atoms with Crippen LogP contribution in [0.2, 0.25) is 0 Å². The van der Waals surface area contributed by atoms with Crippen LogP contribution in [-0.2, 0) is 10.5 Å². The summed E-state index contributed by atoms with van der Waals surface area (Å²) in [7, 11) is 0. The van der Waals surface area contributed by atoms with Gasteiger partial charge >= 0.3 is 0 Å². The fourth-order valence-corrected chi connectivity index (χ4v) is 3.79. The van der Waals surface area contributed by atoms with Crippen LogP contribution in [0.5, 0.6) is 0 Å². The molecule has 0 saturated heterocycles. The highest BCUT2D eigenvalue weighted by Gasteiger charge is 2.11. The molecule has 3 rings (SSSR count). The molecule has 0 fully saturated rings. The standard InChI is InChI=1S/C15H16N4O2S2/c1-8-4-5-9(2)14-13(8)18-15(23-14)17-12(20)7-22-6-11-16-10(3)21-19-11/h4-5H,6-7H2,1-3H3,(H,17,18,20). The number of thioether (sulfide) groups is 1. The number of hydrogen-bond acceptors (Lipinski definition) is 7. The zero-order chi connectivity index (χ0) is 16.4. The number of hydrogen-bond donors (Lipinski definition) is 1. The monoisotopic (exact) mass is 348 g/mol. The smallest absolute Gasteiger partial charge is 0.236 e. The number of amides is 1. The Morgan fingerprint density at radius 2 is 2.04 bits per heavy atom. The van der Waals surface area contributed by atoms with Crippen molar-refractivity contribution in [1.82, 2.24) is 15.1 Å². The van der Waals surface area contributed by atoms with Gasteiger partial charge in [-0.3, -0.25) is 4.79 Å². The van der Waals surface area contributed by atoms with E-state index in [2.05, 4.69) is 26.5 Å². The van der Waals surface area contributed by atoms with Crippen LogP contribution in [0.25, 0.3) is 10.2 Å². The van der Waals surface area contributed by atoms with Crippen molar-refractivity contribution in [3.05, 3.63) is 35.0 Å². The fraction of sp³-hybridized carbons (Fsp3) is 0.333. The number of aryl methyl sites for hydroxylation is 3. The summed E-state index contributed by atoms with van der Waals surface area (Å²) in [5.41, 5.74) is 3.25. The first-order valence-corrected chi connectivity index (χ1v) is 9.03. The van der Waals surface area contributed by atoms with Crippen molar-refractivity contribution in [2.75, 3.05) is 11.1 Å². The molecule has 0 aliphatic carbocycles. The zero-order valence-electron chi connectivity index (χ0n) is 13.0. The lowest BCUT2D eigenvalue weighted by Gasteiger charge is -1.99. The summed E-state index contributed by atoms with van der Waals surface area (Å²) in [6.07, 6.45) is 0. The Morgan fingerprint density at radius 3 is 2.74 bits per heavy atom. The summed E-state index contributed by atoms with van der Waals surface area (Å²) in [6, 6.07) is 4.12. The second-order valence-electron chi connectivity index (χ2n) is 5.17. The molecule has 0 saturated carbocycles. The number of nitrogens with one attached hydrogen (secondary N) is 1. The Balaban J connectivity index is 1.59. The minimum absolute atomic E-state index is 0.0791. The van der Waals surface area contributed by atoms with Gasteiger partial charge in [-0.05, 0) is 25.0 Å². The molecule has 0 spiro atoms. The predicted octanol–water partition coefficient (Wildman–Crippen LogP) is 3.48. The number of fused-ring (bicyclic) bond motifs is 1. The van der Waals surface area contributed by atoms with Crippen LogP contribution >= 0.6 is 23.1 Å². The molecule has 0 aliphatic rings. The maximum absolute atomic E-state index is 12.0. The van der Waals surface area contributed by atoms with Crippen molar-refractivity contribution in [3.8, 4) is 0 Å². The Morgan fingerprint density at radius 1 is 1.26 bits per heavy atom. The molecular weight excluding hydrogens is 332 g/mol. The average molecular weight is 348 g/mol. The van der Waals surface area contributed by atoms with E-state index < -0.39 is 0 Å². The Labute approximate surface area is 141 Å². The molecule has 1 aromatic carbocycles. The summed E-state index contributed by atoms with van der Waals surface area (Å²) in [5.74, 6) is 1.92. The van der Waals surface area contributed by atoms with E-state index in [1.54, 1.807) is 6.92 Å². The molecule has 23 heavy (non-hydrogen) atoms. The van der Waals surface area contributed by atoms with E-state index in [0.29, 0.717) is 28.4 Å². The summed E-state index contributed by atoms with van der Waals surface area (Å²) >= 11 is 2.95. The molecule has 3 aromatic rings. The quantitative estimate of drug-likeness (QED) is 0.760. The topological polar surface area (TPSA) is 80.9 Å². The largest absolute Gasteiger partial charge is 0.340 e. The van der Waals surface area contributed by atoms with Crippen molar-refractivity contribution in [3.63, 3.8) is 0 Å². The number of benzene rings is 1. The van der Waals surface area contributed by atoms with Gasteiger partial charge in [-0.15, -0.1) is 11.8 Å². The van der Waals surface area contributed by atoms with Gasteiger partial charge in [-0.1, -0.05) is 28.6 Å². The van der Waals surface area contributed by atoms with Crippen LogP contribution < -0.4 is 5.32 Å². The minimum atomic E-state index is -0.0791. The van der Waals surface area contributed by atoms with Crippen LogP contribution in [0.3, 0.4) is 0 Å². The van der Waals surface area contributed by atoms with Crippen LogP contribution in [-0.4, -0.2) is 26.8 Å². The molecule has 0 radical (unpaired) electrons. The zero-order valence-corrected chi connectivity index (χ0v) is 14.7. The van der Waals surface area contributed by atoms with Crippen molar-refractivity contribution in [1.29, 1.82) is 0 Å². The highest BCUT2D eigenvalue weighted by molar-refractivity contribution is 7.99. The van der Waals surface area contributed by atoms with Crippen LogP contribution in [0.1, 0.15) is 22.8 Å². The second kappa shape index (κ2) is 6.67. The van der Waals surface area contributed by atoms with E-state index >= 15 is 0 Å². The molecule has 0 atom stereocenters. The normalized spacial score (nSPS) is 11.1. The molecule has 0 bridgehead atoms. The van der Waals surface area contributed by atoms with E-state index in [-0.39, 0.29) is 5.91 Å². The molecular formula is C15H16N4O2S2. The lowest BCUT2D eigenvalue weighted by molar-refractivity contribution is -0.113.